The molecule has 13 heteroatoms. The fourth-order valence-corrected chi connectivity index (χ4v) is 2.70. The number of hydrazone groups is 1. The molecular formula is C17H15BrN4O8. The predicted octanol–water partition coefficient (Wildman–Crippen LogP) is 2.81. The van der Waals surface area contributed by atoms with Crippen molar-refractivity contribution in [3.05, 3.63) is 60.6 Å². The molecule has 0 aliphatic heterocycles. The highest BCUT2D eigenvalue weighted by Crippen LogP contribution is 2.33. The molecule has 2 aromatic rings. The summed E-state index contributed by atoms with van der Waals surface area (Å²) in [6.45, 7) is -0.423. The van der Waals surface area contributed by atoms with Crippen LogP contribution in [0.1, 0.15) is 5.56 Å². The maximum absolute atomic E-state index is 11.9. The van der Waals surface area contributed by atoms with Crippen LogP contribution in [-0.4, -0.2) is 42.8 Å². The number of carbonyl (C=O) groups excluding carboxylic acids is 1. The molecule has 0 spiro atoms. The summed E-state index contributed by atoms with van der Waals surface area (Å²) in [4.78, 5) is 32.6. The Balaban J connectivity index is 2.03. The summed E-state index contributed by atoms with van der Waals surface area (Å²) in [5, 5.41) is 25.6. The van der Waals surface area contributed by atoms with Crippen molar-refractivity contribution in [3.63, 3.8) is 0 Å². The second kappa shape index (κ2) is 10.2. The van der Waals surface area contributed by atoms with Crippen molar-refractivity contribution < 1.29 is 28.9 Å². The summed E-state index contributed by atoms with van der Waals surface area (Å²) in [6.07, 6.45) is 1.17. The Labute approximate surface area is 177 Å². The van der Waals surface area contributed by atoms with Gasteiger partial charge in [-0.15, -0.1) is 0 Å². The van der Waals surface area contributed by atoms with Gasteiger partial charge in [0.2, 0.25) is 5.75 Å². The zero-order valence-electron chi connectivity index (χ0n) is 15.7. The van der Waals surface area contributed by atoms with E-state index in [1.807, 2.05) is 0 Å². The summed E-state index contributed by atoms with van der Waals surface area (Å²) in [6, 6.07) is 6.35. The Bertz CT molecular complexity index is 1010. The zero-order valence-corrected chi connectivity index (χ0v) is 17.2. The highest BCUT2D eigenvalue weighted by Gasteiger charge is 2.19. The molecule has 0 heterocycles. The summed E-state index contributed by atoms with van der Waals surface area (Å²) >= 11 is 3.12. The number of hydrogen-bond donors (Lipinski definition) is 1. The van der Waals surface area contributed by atoms with Gasteiger partial charge in [-0.05, 0) is 22.0 Å². The first-order valence-electron chi connectivity index (χ1n) is 8.05. The van der Waals surface area contributed by atoms with Crippen LogP contribution in [0, 0.1) is 20.2 Å². The fourth-order valence-electron chi connectivity index (χ4n) is 2.22. The summed E-state index contributed by atoms with van der Waals surface area (Å²) in [5.74, 6) is -0.132. The average molecular weight is 483 g/mol. The standard InChI is InChI=1S/C17H15BrN4O8/c1-28-15-7-16(29-2)13(22(26)27)5-10(15)8-19-20-17(23)9-30-14-4-3-11(21(24)25)6-12(14)18/h3-8H,9H2,1-2H3,(H,20,23). The van der Waals surface area contributed by atoms with Gasteiger partial charge in [-0.25, -0.2) is 5.43 Å². The molecule has 12 nitrogen and oxygen atoms in total. The minimum absolute atomic E-state index is 0.0140. The van der Waals surface area contributed by atoms with Crippen LogP contribution in [0.15, 0.2) is 39.9 Å². The van der Waals surface area contributed by atoms with E-state index in [-0.39, 0.29) is 34.2 Å². The Morgan fingerprint density at radius 1 is 1.10 bits per heavy atom. The number of nitrogens with zero attached hydrogens (tertiary/aromatic N) is 3. The monoisotopic (exact) mass is 482 g/mol. The lowest BCUT2D eigenvalue weighted by atomic mass is 10.1. The second-order valence-electron chi connectivity index (χ2n) is 5.48. The van der Waals surface area contributed by atoms with Gasteiger partial charge < -0.3 is 14.2 Å². The van der Waals surface area contributed by atoms with Gasteiger partial charge in [0.15, 0.2) is 6.61 Å². The number of hydrogen-bond acceptors (Lipinski definition) is 9. The number of non-ortho nitro benzene ring substituents is 1. The van der Waals surface area contributed by atoms with Gasteiger partial charge in [-0.3, -0.25) is 25.0 Å². The molecule has 0 saturated heterocycles. The number of nitro benzene ring substituents is 2. The van der Waals surface area contributed by atoms with E-state index in [0.717, 1.165) is 0 Å². The molecule has 30 heavy (non-hydrogen) atoms. The van der Waals surface area contributed by atoms with Crippen LogP contribution in [-0.2, 0) is 4.79 Å². The van der Waals surface area contributed by atoms with E-state index in [4.69, 9.17) is 14.2 Å². The molecule has 2 rings (SSSR count). The molecule has 1 amide bonds. The van der Waals surface area contributed by atoms with Gasteiger partial charge in [0, 0.05) is 29.8 Å². The molecule has 0 bridgehead atoms. The van der Waals surface area contributed by atoms with Crippen LogP contribution in [0.3, 0.4) is 0 Å². The molecule has 0 unspecified atom stereocenters. The first-order chi connectivity index (χ1) is 14.3. The maximum Gasteiger partial charge on any atom is 0.311 e. The number of ether oxygens (including phenoxy) is 3. The lowest BCUT2D eigenvalue weighted by Crippen LogP contribution is -2.24. The third-order valence-electron chi connectivity index (χ3n) is 3.61. The molecule has 0 aliphatic rings. The quantitative estimate of drug-likeness (QED) is 0.324. The van der Waals surface area contributed by atoms with Crippen LogP contribution in [0.5, 0.6) is 17.2 Å². The largest absolute Gasteiger partial charge is 0.496 e. The summed E-state index contributed by atoms with van der Waals surface area (Å²) in [7, 11) is 2.66. The topological polar surface area (TPSA) is 155 Å². The minimum Gasteiger partial charge on any atom is -0.496 e. The minimum atomic E-state index is -0.626. The van der Waals surface area contributed by atoms with Crippen molar-refractivity contribution in [1.82, 2.24) is 5.43 Å². The number of benzene rings is 2. The van der Waals surface area contributed by atoms with Gasteiger partial charge >= 0.3 is 5.69 Å². The summed E-state index contributed by atoms with van der Waals surface area (Å²) < 4.78 is 15.7. The molecule has 158 valence electrons. The first kappa shape index (κ1) is 22.5. The smallest absolute Gasteiger partial charge is 0.311 e. The molecular weight excluding hydrogens is 468 g/mol. The van der Waals surface area contributed by atoms with Gasteiger partial charge in [-0.1, -0.05) is 0 Å². The summed E-state index contributed by atoms with van der Waals surface area (Å²) in [5.41, 5.74) is 2.02. The Kier molecular flexibility index (Phi) is 7.63. The van der Waals surface area contributed by atoms with Crippen LogP contribution >= 0.6 is 15.9 Å². The number of methoxy groups -OCH3 is 2. The van der Waals surface area contributed by atoms with Gasteiger partial charge in [0.25, 0.3) is 11.6 Å². The molecule has 0 atom stereocenters. The van der Waals surface area contributed by atoms with Gasteiger partial charge in [0.1, 0.15) is 11.5 Å². The number of nitro groups is 2. The van der Waals surface area contributed by atoms with E-state index >= 15 is 0 Å². The zero-order chi connectivity index (χ0) is 22.3. The van der Waals surface area contributed by atoms with Crippen LogP contribution in [0.25, 0.3) is 0 Å². The third kappa shape index (κ3) is 5.64. The molecule has 2 aromatic carbocycles. The van der Waals surface area contributed by atoms with Crippen LogP contribution < -0.4 is 19.6 Å². The normalized spacial score (nSPS) is 10.5. The fraction of sp³-hybridized carbons (Fsp3) is 0.176. The predicted molar refractivity (Wildman–Crippen MR) is 108 cm³/mol. The molecule has 0 radical (unpaired) electrons. The van der Waals surface area contributed by atoms with Crippen LogP contribution in [0.4, 0.5) is 11.4 Å². The van der Waals surface area contributed by atoms with Crippen molar-refractivity contribution in [2.24, 2.45) is 5.10 Å². The van der Waals surface area contributed by atoms with Crippen LogP contribution in [0.2, 0.25) is 0 Å². The highest BCUT2D eigenvalue weighted by molar-refractivity contribution is 9.10. The van der Waals surface area contributed by atoms with E-state index in [9.17, 15) is 25.0 Å². The second-order valence-corrected chi connectivity index (χ2v) is 6.33. The number of nitrogens with one attached hydrogen (secondary N) is 1. The Morgan fingerprint density at radius 2 is 1.80 bits per heavy atom. The number of rotatable bonds is 9. The van der Waals surface area contributed by atoms with Gasteiger partial charge in [0.05, 0.1) is 34.8 Å². The number of halogens is 1. The third-order valence-corrected chi connectivity index (χ3v) is 4.23. The van der Waals surface area contributed by atoms with Gasteiger partial charge in [-0.2, -0.15) is 5.10 Å². The van der Waals surface area contributed by atoms with E-state index in [0.29, 0.717) is 4.47 Å². The lowest BCUT2D eigenvalue weighted by Gasteiger charge is -2.08. The molecule has 0 aromatic heterocycles. The average Bonchev–Trinajstić information content (AvgIpc) is 2.72. The Morgan fingerprint density at radius 3 is 2.37 bits per heavy atom. The van der Waals surface area contributed by atoms with Crippen molar-refractivity contribution in [2.45, 2.75) is 0 Å². The molecule has 0 aliphatic carbocycles. The van der Waals surface area contributed by atoms with E-state index in [2.05, 4.69) is 26.5 Å². The maximum atomic E-state index is 11.9. The van der Waals surface area contributed by atoms with Crippen molar-refractivity contribution in [2.75, 3.05) is 20.8 Å². The van der Waals surface area contributed by atoms with Crippen molar-refractivity contribution in [1.29, 1.82) is 0 Å². The lowest BCUT2D eigenvalue weighted by molar-refractivity contribution is -0.385. The van der Waals surface area contributed by atoms with E-state index in [1.54, 1.807) is 0 Å². The highest BCUT2D eigenvalue weighted by atomic mass is 79.9. The number of carbonyl (C=O) groups is 1. The molecule has 1 N–H and O–H groups in total. The Hall–Kier alpha value is -3.74. The van der Waals surface area contributed by atoms with E-state index in [1.165, 1.54) is 50.8 Å². The number of amides is 1. The van der Waals surface area contributed by atoms with Crippen molar-refractivity contribution in [3.8, 4) is 17.2 Å². The SMILES string of the molecule is COc1cc(OC)c([N+](=O)[O-])cc1C=NNC(=O)COc1ccc([N+](=O)[O-])cc1Br. The molecule has 0 fully saturated rings. The van der Waals surface area contributed by atoms with Crippen molar-refractivity contribution >= 4 is 39.4 Å². The first-order valence-corrected chi connectivity index (χ1v) is 8.85. The van der Waals surface area contributed by atoms with E-state index < -0.39 is 22.4 Å². The molecule has 0 saturated carbocycles.